The zero-order chi connectivity index (χ0) is 37.9. The molecule has 0 saturated carbocycles. The molecule has 0 amide bonds. The molecule has 3 heterocycles. The SMILES string of the molecule is [C-]#[N+]c1ccc(-c2cc3c4ccccc4c(-c4cccc(-c5nc(-c6ccccc6)nc(-c6ccc7oc8ccccc8c7c6)n5)c4)cc3c3cccnc23)cc1. The highest BCUT2D eigenvalue weighted by molar-refractivity contribution is 6.23. The molecular formula is C51H29N5O. The average Bonchev–Trinajstić information content (AvgIpc) is 3.67. The molecular weight excluding hydrogens is 699 g/mol. The molecule has 0 bridgehead atoms. The fourth-order valence-corrected chi connectivity index (χ4v) is 8.04. The largest absolute Gasteiger partial charge is 0.456 e. The van der Waals surface area contributed by atoms with Gasteiger partial charge in [-0.1, -0.05) is 121 Å². The quantitative estimate of drug-likeness (QED) is 0.130. The van der Waals surface area contributed by atoms with Crippen LogP contribution in [0.2, 0.25) is 0 Å². The highest BCUT2D eigenvalue weighted by Gasteiger charge is 2.18. The van der Waals surface area contributed by atoms with Crippen LogP contribution < -0.4 is 0 Å². The van der Waals surface area contributed by atoms with Gasteiger partial charge in [-0.25, -0.2) is 19.8 Å². The van der Waals surface area contributed by atoms with Crippen molar-refractivity contribution in [1.29, 1.82) is 0 Å². The van der Waals surface area contributed by atoms with Gasteiger partial charge in [0.25, 0.3) is 0 Å². The Bertz CT molecular complexity index is 3420. The van der Waals surface area contributed by atoms with E-state index in [0.717, 1.165) is 93.3 Å². The maximum Gasteiger partial charge on any atom is 0.187 e. The van der Waals surface area contributed by atoms with Crippen molar-refractivity contribution in [2.24, 2.45) is 0 Å². The van der Waals surface area contributed by atoms with E-state index in [1.165, 1.54) is 0 Å². The fraction of sp³-hybridized carbons (Fsp3) is 0. The number of nitrogens with zero attached hydrogens (tertiary/aromatic N) is 5. The zero-order valence-electron chi connectivity index (χ0n) is 30.4. The molecule has 0 atom stereocenters. The van der Waals surface area contributed by atoms with Crippen molar-refractivity contribution in [2.75, 3.05) is 0 Å². The number of fused-ring (bicyclic) bond motifs is 8. The topological polar surface area (TPSA) is 69.1 Å². The summed E-state index contributed by atoms with van der Waals surface area (Å²) in [6, 6.07) is 57.8. The van der Waals surface area contributed by atoms with E-state index in [1.807, 2.05) is 97.2 Å². The van der Waals surface area contributed by atoms with Crippen molar-refractivity contribution < 1.29 is 4.42 Å². The molecule has 0 spiro atoms. The minimum atomic E-state index is 0.589. The van der Waals surface area contributed by atoms with E-state index in [1.54, 1.807) is 0 Å². The van der Waals surface area contributed by atoms with Crippen molar-refractivity contribution in [3.63, 3.8) is 0 Å². The van der Waals surface area contributed by atoms with Gasteiger partial charge in [0.1, 0.15) is 11.2 Å². The molecule has 6 nitrogen and oxygen atoms in total. The van der Waals surface area contributed by atoms with E-state index in [0.29, 0.717) is 23.2 Å². The molecule has 0 aliphatic rings. The van der Waals surface area contributed by atoms with Crippen LogP contribution in [0.15, 0.2) is 180 Å². The number of rotatable bonds is 5. The lowest BCUT2D eigenvalue weighted by molar-refractivity contribution is 0.669. The summed E-state index contributed by atoms with van der Waals surface area (Å²) in [5.74, 6) is 1.78. The Labute approximate surface area is 327 Å². The Morgan fingerprint density at radius 1 is 0.386 bits per heavy atom. The molecule has 264 valence electrons. The minimum Gasteiger partial charge on any atom is -0.456 e. The molecule has 0 saturated heterocycles. The third-order valence-corrected chi connectivity index (χ3v) is 10.8. The van der Waals surface area contributed by atoms with Crippen LogP contribution >= 0.6 is 0 Å². The molecule has 3 aromatic heterocycles. The van der Waals surface area contributed by atoms with Gasteiger partial charge in [0, 0.05) is 44.6 Å². The second-order valence-corrected chi connectivity index (χ2v) is 14.1. The highest BCUT2D eigenvalue weighted by Crippen LogP contribution is 2.42. The van der Waals surface area contributed by atoms with Crippen LogP contribution in [0.5, 0.6) is 0 Å². The first kappa shape index (κ1) is 32.4. The first-order valence-electron chi connectivity index (χ1n) is 18.7. The van der Waals surface area contributed by atoms with E-state index in [9.17, 15) is 0 Å². The van der Waals surface area contributed by atoms with E-state index >= 15 is 0 Å². The Morgan fingerprint density at radius 3 is 1.79 bits per heavy atom. The summed E-state index contributed by atoms with van der Waals surface area (Å²) in [6.07, 6.45) is 1.85. The van der Waals surface area contributed by atoms with Crippen LogP contribution in [-0.2, 0) is 0 Å². The molecule has 0 aliphatic heterocycles. The molecule has 0 fully saturated rings. The summed E-state index contributed by atoms with van der Waals surface area (Å²) in [7, 11) is 0. The summed E-state index contributed by atoms with van der Waals surface area (Å²) < 4.78 is 6.13. The van der Waals surface area contributed by atoms with E-state index in [2.05, 4.69) is 83.7 Å². The third-order valence-electron chi connectivity index (χ3n) is 10.8. The molecule has 11 rings (SSSR count). The smallest absolute Gasteiger partial charge is 0.187 e. The Hall–Kier alpha value is -8.01. The molecule has 6 heteroatoms. The number of pyridine rings is 1. The number of hydrogen-bond donors (Lipinski definition) is 0. The molecule has 57 heavy (non-hydrogen) atoms. The molecule has 0 aliphatic carbocycles. The molecule has 0 unspecified atom stereocenters. The number of furan rings is 1. The van der Waals surface area contributed by atoms with Gasteiger partial charge in [-0.05, 0) is 86.8 Å². The lowest BCUT2D eigenvalue weighted by atomic mass is 9.89. The standard InChI is InChI=1S/C51H29N5O/c1-52-36-23-20-31(21-24-36)42-30-43-38-16-6-5-15-37(38)41(29-44(43)40-18-10-26-53-48(40)42)33-13-9-14-34(27-33)50-54-49(32-11-3-2-4-12-32)55-51(56-50)35-22-25-47-45(28-35)39-17-7-8-19-46(39)57-47/h2-30H. The summed E-state index contributed by atoms with van der Waals surface area (Å²) >= 11 is 0. The van der Waals surface area contributed by atoms with Gasteiger partial charge in [-0.15, -0.1) is 0 Å². The predicted octanol–water partition coefficient (Wildman–Crippen LogP) is 13.5. The van der Waals surface area contributed by atoms with Gasteiger partial charge >= 0.3 is 0 Å². The van der Waals surface area contributed by atoms with Crippen molar-refractivity contribution in [3.8, 4) is 56.4 Å². The van der Waals surface area contributed by atoms with Crippen molar-refractivity contribution in [3.05, 3.63) is 187 Å². The van der Waals surface area contributed by atoms with Gasteiger partial charge in [0.2, 0.25) is 0 Å². The van der Waals surface area contributed by atoms with Crippen LogP contribution in [-0.4, -0.2) is 19.9 Å². The Balaban J connectivity index is 1.10. The Morgan fingerprint density at radius 2 is 0.982 bits per heavy atom. The van der Waals surface area contributed by atoms with Crippen molar-refractivity contribution in [2.45, 2.75) is 0 Å². The summed E-state index contributed by atoms with van der Waals surface area (Å²) in [4.78, 5) is 23.7. The predicted molar refractivity (Wildman–Crippen MR) is 231 cm³/mol. The monoisotopic (exact) mass is 727 g/mol. The van der Waals surface area contributed by atoms with Crippen molar-refractivity contribution >= 4 is 60.1 Å². The second-order valence-electron chi connectivity index (χ2n) is 14.1. The third kappa shape index (κ3) is 5.49. The first-order valence-corrected chi connectivity index (χ1v) is 18.7. The van der Waals surface area contributed by atoms with E-state index in [4.69, 9.17) is 30.9 Å². The summed E-state index contributed by atoms with van der Waals surface area (Å²) in [6.45, 7) is 7.43. The average molecular weight is 728 g/mol. The number of hydrogen-bond acceptors (Lipinski definition) is 5. The molecule has 0 radical (unpaired) electrons. The van der Waals surface area contributed by atoms with E-state index in [-0.39, 0.29) is 0 Å². The van der Waals surface area contributed by atoms with Gasteiger partial charge < -0.3 is 4.42 Å². The summed E-state index contributed by atoms with van der Waals surface area (Å²) in [5, 5.41) is 7.70. The van der Waals surface area contributed by atoms with Crippen LogP contribution in [0, 0.1) is 6.57 Å². The number of aromatic nitrogens is 4. The Kier molecular flexibility index (Phi) is 7.44. The van der Waals surface area contributed by atoms with Gasteiger partial charge in [0.05, 0.1) is 12.1 Å². The van der Waals surface area contributed by atoms with Gasteiger partial charge in [-0.3, -0.25) is 4.98 Å². The zero-order valence-corrected chi connectivity index (χ0v) is 30.4. The maximum atomic E-state index is 7.43. The fourth-order valence-electron chi connectivity index (χ4n) is 8.04. The maximum absolute atomic E-state index is 7.43. The van der Waals surface area contributed by atoms with Crippen LogP contribution in [0.1, 0.15) is 0 Å². The van der Waals surface area contributed by atoms with Crippen molar-refractivity contribution in [1.82, 2.24) is 19.9 Å². The lowest BCUT2D eigenvalue weighted by Gasteiger charge is -2.16. The van der Waals surface area contributed by atoms with Crippen LogP contribution in [0.4, 0.5) is 5.69 Å². The lowest BCUT2D eigenvalue weighted by Crippen LogP contribution is -2.00. The van der Waals surface area contributed by atoms with E-state index < -0.39 is 0 Å². The summed E-state index contributed by atoms with van der Waals surface area (Å²) in [5.41, 5.74) is 10.1. The van der Waals surface area contributed by atoms with Gasteiger partial charge in [0.15, 0.2) is 23.2 Å². The molecule has 0 N–H and O–H groups in total. The minimum absolute atomic E-state index is 0.589. The molecule has 11 aromatic rings. The highest BCUT2D eigenvalue weighted by atomic mass is 16.3. The van der Waals surface area contributed by atoms with Crippen LogP contribution in [0.25, 0.3) is 116 Å². The first-order chi connectivity index (χ1) is 28.2. The normalized spacial score (nSPS) is 11.5. The number of para-hydroxylation sites is 1. The van der Waals surface area contributed by atoms with Crippen LogP contribution in [0.3, 0.4) is 0 Å². The second kappa shape index (κ2) is 13.1. The van der Waals surface area contributed by atoms with Gasteiger partial charge in [-0.2, -0.15) is 0 Å². The number of benzene rings is 8. The molecule has 8 aromatic carbocycles.